The molecule has 1 fully saturated rings. The number of benzene rings is 5. The number of rotatable bonds is 12. The van der Waals surface area contributed by atoms with Gasteiger partial charge in [0.15, 0.2) is 5.60 Å². The number of nitrogens with zero attached hydrogens (tertiary/aromatic N) is 2. The SMILES string of the molecule is Cc1oc(-c2ccc3ccccc3c2)nc1CI.Cc1oc(-c2ccc3ccccc3c2)nc1CO[C@H]1CCC[C@@H](COC(C)(Cc2ccccc2)C(=O)O)C1. The number of ether oxygens (including phenoxy) is 2. The zero-order valence-corrected chi connectivity index (χ0v) is 34.2. The van der Waals surface area contributed by atoms with Crippen LogP contribution in [0.5, 0.6) is 0 Å². The molecule has 3 atom stereocenters. The highest BCUT2D eigenvalue weighted by Gasteiger charge is 2.36. The Bertz CT molecular complexity index is 2410. The smallest absolute Gasteiger partial charge is 0.336 e. The highest BCUT2D eigenvalue weighted by molar-refractivity contribution is 14.1. The van der Waals surface area contributed by atoms with Crippen molar-refractivity contribution in [3.05, 3.63) is 144 Å². The Kier molecular flexibility index (Phi) is 12.6. The molecule has 2 aromatic heterocycles. The maximum Gasteiger partial charge on any atom is 0.336 e. The van der Waals surface area contributed by atoms with E-state index in [0.29, 0.717) is 31.4 Å². The molecule has 5 aromatic carbocycles. The minimum Gasteiger partial charge on any atom is -0.479 e. The first-order valence-corrected chi connectivity index (χ1v) is 20.7. The number of hydrogen-bond donors (Lipinski definition) is 1. The Morgan fingerprint density at radius 2 is 1.32 bits per heavy atom. The first-order chi connectivity index (χ1) is 27.2. The number of carboxylic acid groups (broad SMARTS) is 1. The number of alkyl halides is 1. The second kappa shape index (κ2) is 18.0. The van der Waals surface area contributed by atoms with Gasteiger partial charge in [-0.05, 0) is 97.3 Å². The van der Waals surface area contributed by atoms with Gasteiger partial charge in [0.25, 0.3) is 0 Å². The largest absolute Gasteiger partial charge is 0.479 e. The van der Waals surface area contributed by atoms with Crippen molar-refractivity contribution in [2.75, 3.05) is 6.61 Å². The molecule has 8 nitrogen and oxygen atoms in total. The number of halogens is 1. The number of aryl methyl sites for hydroxylation is 2. The molecule has 0 aliphatic heterocycles. The summed E-state index contributed by atoms with van der Waals surface area (Å²) in [5.41, 5.74) is 3.52. The van der Waals surface area contributed by atoms with Crippen LogP contribution in [0.25, 0.3) is 44.5 Å². The predicted molar refractivity (Wildman–Crippen MR) is 229 cm³/mol. The topological polar surface area (TPSA) is 108 Å². The lowest BCUT2D eigenvalue weighted by molar-refractivity contribution is -0.166. The Morgan fingerprint density at radius 3 is 1.89 bits per heavy atom. The van der Waals surface area contributed by atoms with Gasteiger partial charge in [0.1, 0.15) is 17.2 Å². The van der Waals surface area contributed by atoms with E-state index >= 15 is 0 Å². The average Bonchev–Trinajstić information content (AvgIpc) is 3.80. The van der Waals surface area contributed by atoms with Crippen molar-refractivity contribution in [3.63, 3.8) is 0 Å². The van der Waals surface area contributed by atoms with Gasteiger partial charge in [0, 0.05) is 22.0 Å². The van der Waals surface area contributed by atoms with Crippen LogP contribution in [-0.4, -0.2) is 39.4 Å². The number of oxazole rings is 2. The molecule has 0 amide bonds. The summed E-state index contributed by atoms with van der Waals surface area (Å²) in [4.78, 5) is 21.3. The lowest BCUT2D eigenvalue weighted by Crippen LogP contribution is -2.42. The van der Waals surface area contributed by atoms with Crippen molar-refractivity contribution in [1.29, 1.82) is 0 Å². The van der Waals surface area contributed by atoms with E-state index in [4.69, 9.17) is 23.3 Å². The van der Waals surface area contributed by atoms with Gasteiger partial charge in [0.2, 0.25) is 11.8 Å². The normalized spacial score (nSPS) is 16.6. The van der Waals surface area contributed by atoms with Crippen molar-refractivity contribution < 1.29 is 28.2 Å². The van der Waals surface area contributed by atoms with Crippen LogP contribution in [0.4, 0.5) is 0 Å². The Morgan fingerprint density at radius 1 is 0.768 bits per heavy atom. The van der Waals surface area contributed by atoms with Crippen molar-refractivity contribution >= 4 is 50.1 Å². The van der Waals surface area contributed by atoms with E-state index in [1.807, 2.05) is 74.5 Å². The van der Waals surface area contributed by atoms with Gasteiger partial charge in [-0.25, -0.2) is 14.8 Å². The van der Waals surface area contributed by atoms with Crippen LogP contribution in [-0.2, 0) is 31.7 Å². The number of fused-ring (bicyclic) bond motifs is 2. The lowest BCUT2D eigenvalue weighted by Gasteiger charge is -2.32. The standard InChI is InChI=1S/C32H35NO5.C15H12INO/c1-22-29(33-30(38-22)27-16-15-25-12-6-7-13-26(25)18-27)21-36-28-14-8-11-24(17-28)20-37-32(2,31(34)35)19-23-9-4-3-5-10-23;1-10-14(9-16)17-15(18-10)13-7-6-11-4-2-3-5-12(11)8-13/h3-7,9-10,12-13,15-16,18,24,28H,8,11,14,17,19-21H2,1-2H3,(H,34,35);2-8H,9H2,1H3/t24-,28+,32?;/m1./s1. The summed E-state index contributed by atoms with van der Waals surface area (Å²) in [7, 11) is 0. The van der Waals surface area contributed by atoms with E-state index in [1.54, 1.807) is 6.92 Å². The maximum atomic E-state index is 12.1. The fourth-order valence-electron chi connectivity index (χ4n) is 7.22. The number of aromatic nitrogens is 2. The fourth-order valence-corrected chi connectivity index (χ4v) is 7.93. The highest BCUT2D eigenvalue weighted by atomic mass is 127. The van der Waals surface area contributed by atoms with Crippen LogP contribution < -0.4 is 0 Å². The molecule has 1 N–H and O–H groups in total. The summed E-state index contributed by atoms with van der Waals surface area (Å²) in [5, 5.41) is 14.7. The quantitative estimate of drug-likeness (QED) is 0.0956. The van der Waals surface area contributed by atoms with E-state index in [9.17, 15) is 9.90 Å². The first kappa shape index (κ1) is 39.4. The molecule has 1 aliphatic carbocycles. The molecule has 7 aromatic rings. The highest BCUT2D eigenvalue weighted by Crippen LogP contribution is 2.31. The maximum absolute atomic E-state index is 12.1. The Labute approximate surface area is 341 Å². The molecular formula is C47H47IN2O6. The average molecular weight is 863 g/mol. The van der Waals surface area contributed by atoms with Gasteiger partial charge in [-0.2, -0.15) is 0 Å². The zero-order valence-electron chi connectivity index (χ0n) is 32.0. The van der Waals surface area contributed by atoms with E-state index in [0.717, 1.165) is 75.1 Å². The number of carboxylic acids is 1. The Hall–Kier alpha value is -4.84. The summed E-state index contributed by atoms with van der Waals surface area (Å²) >= 11 is 2.30. The number of aliphatic carboxylic acids is 1. The zero-order chi connectivity index (χ0) is 39.1. The van der Waals surface area contributed by atoms with E-state index in [2.05, 4.69) is 82.2 Å². The molecular weight excluding hydrogens is 815 g/mol. The van der Waals surface area contributed by atoms with E-state index in [1.165, 1.54) is 16.2 Å². The van der Waals surface area contributed by atoms with Crippen LogP contribution in [0, 0.1) is 19.8 Å². The fraction of sp³-hybridized carbons (Fsp3) is 0.298. The van der Waals surface area contributed by atoms with Crippen molar-refractivity contribution in [3.8, 4) is 22.9 Å². The van der Waals surface area contributed by atoms with Gasteiger partial charge < -0.3 is 23.4 Å². The van der Waals surface area contributed by atoms with Gasteiger partial charge in [0.05, 0.1) is 25.0 Å². The molecule has 56 heavy (non-hydrogen) atoms. The third-order valence-corrected chi connectivity index (χ3v) is 11.3. The summed E-state index contributed by atoms with van der Waals surface area (Å²) in [6, 6.07) is 38.7. The predicted octanol–water partition coefficient (Wildman–Crippen LogP) is 11.7. The lowest BCUT2D eigenvalue weighted by atomic mass is 9.87. The first-order valence-electron chi connectivity index (χ1n) is 19.2. The molecule has 0 spiro atoms. The third kappa shape index (κ3) is 9.57. The van der Waals surface area contributed by atoms with E-state index < -0.39 is 11.6 Å². The van der Waals surface area contributed by atoms with Crippen LogP contribution in [0.3, 0.4) is 0 Å². The molecule has 0 radical (unpaired) electrons. The molecule has 0 bridgehead atoms. The van der Waals surface area contributed by atoms with Crippen molar-refractivity contribution in [2.24, 2.45) is 5.92 Å². The van der Waals surface area contributed by atoms with Crippen molar-refractivity contribution in [1.82, 2.24) is 9.97 Å². The molecule has 1 aliphatic rings. The monoisotopic (exact) mass is 862 g/mol. The molecule has 9 heteroatoms. The molecule has 0 saturated heterocycles. The van der Waals surface area contributed by atoms with Gasteiger partial charge in [-0.3, -0.25) is 0 Å². The van der Waals surface area contributed by atoms with E-state index in [-0.39, 0.29) is 12.0 Å². The summed E-state index contributed by atoms with van der Waals surface area (Å²) in [6.45, 7) is 6.35. The van der Waals surface area contributed by atoms with Crippen LogP contribution in [0.15, 0.2) is 124 Å². The summed E-state index contributed by atoms with van der Waals surface area (Å²) < 4.78 is 24.9. The second-order valence-electron chi connectivity index (χ2n) is 14.8. The number of carbonyl (C=O) groups is 1. The van der Waals surface area contributed by atoms with Gasteiger partial charge in [-0.1, -0.05) is 120 Å². The molecule has 8 rings (SSSR count). The molecule has 1 unspecified atom stereocenters. The summed E-state index contributed by atoms with van der Waals surface area (Å²) in [5.74, 6) is 2.32. The number of hydrogen-bond acceptors (Lipinski definition) is 7. The van der Waals surface area contributed by atoms with Crippen LogP contribution in [0.2, 0.25) is 0 Å². The van der Waals surface area contributed by atoms with Gasteiger partial charge >= 0.3 is 5.97 Å². The van der Waals surface area contributed by atoms with Gasteiger partial charge in [-0.15, -0.1) is 0 Å². The van der Waals surface area contributed by atoms with Crippen LogP contribution >= 0.6 is 22.6 Å². The Balaban J connectivity index is 0.000000222. The molecule has 2 heterocycles. The molecule has 288 valence electrons. The minimum atomic E-state index is -1.26. The second-order valence-corrected chi connectivity index (χ2v) is 15.5. The molecule has 1 saturated carbocycles. The van der Waals surface area contributed by atoms with Crippen molar-refractivity contribution in [2.45, 2.75) is 75.6 Å². The minimum absolute atomic E-state index is 0.0859. The summed E-state index contributed by atoms with van der Waals surface area (Å²) in [6.07, 6.45) is 4.28. The van der Waals surface area contributed by atoms with Crippen LogP contribution in [0.1, 0.15) is 61.1 Å². The third-order valence-electron chi connectivity index (χ3n) is 10.6.